The van der Waals surface area contributed by atoms with E-state index in [-0.39, 0.29) is 12.4 Å². The third-order valence-corrected chi connectivity index (χ3v) is 2.86. The monoisotopic (exact) mass is 275 g/mol. The van der Waals surface area contributed by atoms with Gasteiger partial charge in [-0.2, -0.15) is 0 Å². The Kier molecular flexibility index (Phi) is 2.90. The van der Waals surface area contributed by atoms with Gasteiger partial charge in [-0.15, -0.1) is 0 Å². The van der Waals surface area contributed by atoms with Crippen LogP contribution >= 0.6 is 0 Å². The average molecular weight is 275 g/mol. The highest BCUT2D eigenvalue weighted by Crippen LogP contribution is 2.35. The molecule has 0 saturated heterocycles. The van der Waals surface area contributed by atoms with Crippen LogP contribution in [0.15, 0.2) is 36.4 Å². The lowest BCUT2D eigenvalue weighted by molar-refractivity contribution is 0.0697. The van der Waals surface area contributed by atoms with E-state index in [1.54, 1.807) is 18.2 Å². The Hall–Kier alpha value is -2.76. The Labute approximate surface area is 113 Å². The molecule has 1 aliphatic rings. The molecular formula is C14H10FNO4. The van der Waals surface area contributed by atoms with E-state index < -0.39 is 11.8 Å². The second-order valence-electron chi connectivity index (χ2n) is 4.19. The molecule has 0 bridgehead atoms. The maximum Gasteiger partial charge on any atom is 0.337 e. The molecule has 0 aromatic heterocycles. The van der Waals surface area contributed by atoms with Crippen molar-refractivity contribution in [3.05, 3.63) is 47.8 Å². The van der Waals surface area contributed by atoms with Gasteiger partial charge in [0.2, 0.25) is 6.79 Å². The molecule has 20 heavy (non-hydrogen) atoms. The summed E-state index contributed by atoms with van der Waals surface area (Å²) in [6, 6.07) is 8.68. The van der Waals surface area contributed by atoms with Crippen molar-refractivity contribution < 1.29 is 23.8 Å². The van der Waals surface area contributed by atoms with Crippen molar-refractivity contribution in [2.75, 3.05) is 12.1 Å². The lowest BCUT2D eigenvalue weighted by Gasteiger charge is -2.10. The molecule has 1 heterocycles. The second-order valence-corrected chi connectivity index (χ2v) is 4.19. The van der Waals surface area contributed by atoms with Gasteiger partial charge in [-0.05, 0) is 30.3 Å². The largest absolute Gasteiger partial charge is 0.478 e. The van der Waals surface area contributed by atoms with Crippen LogP contribution in [0.1, 0.15) is 10.4 Å². The Balaban J connectivity index is 1.93. The third-order valence-electron chi connectivity index (χ3n) is 2.86. The summed E-state index contributed by atoms with van der Waals surface area (Å²) in [4.78, 5) is 11.1. The van der Waals surface area contributed by atoms with E-state index in [0.29, 0.717) is 22.9 Å². The summed E-state index contributed by atoms with van der Waals surface area (Å²) >= 11 is 0. The van der Waals surface area contributed by atoms with Gasteiger partial charge < -0.3 is 19.9 Å². The van der Waals surface area contributed by atoms with E-state index in [9.17, 15) is 9.18 Å². The summed E-state index contributed by atoms with van der Waals surface area (Å²) in [6.45, 7) is 0.162. The number of carboxylic acid groups (broad SMARTS) is 1. The molecule has 0 unspecified atom stereocenters. The highest BCUT2D eigenvalue weighted by Gasteiger charge is 2.15. The van der Waals surface area contributed by atoms with Gasteiger partial charge in [0, 0.05) is 11.8 Å². The molecule has 2 aromatic rings. The molecule has 5 nitrogen and oxygen atoms in total. The number of hydrogen-bond acceptors (Lipinski definition) is 4. The fourth-order valence-electron chi connectivity index (χ4n) is 1.93. The number of carbonyl (C=O) groups is 1. The van der Waals surface area contributed by atoms with E-state index >= 15 is 0 Å². The van der Waals surface area contributed by atoms with E-state index in [2.05, 4.69) is 5.32 Å². The molecule has 3 rings (SSSR count). The van der Waals surface area contributed by atoms with Crippen molar-refractivity contribution in [2.24, 2.45) is 0 Å². The normalized spacial score (nSPS) is 12.2. The van der Waals surface area contributed by atoms with Crippen LogP contribution in [0.5, 0.6) is 11.5 Å². The molecule has 1 aliphatic heterocycles. The number of benzene rings is 2. The maximum absolute atomic E-state index is 13.1. The van der Waals surface area contributed by atoms with Crippen LogP contribution in [-0.4, -0.2) is 17.9 Å². The van der Waals surface area contributed by atoms with Gasteiger partial charge in [0.1, 0.15) is 5.82 Å². The SMILES string of the molecule is O=C(O)c1cc(F)ccc1Nc1ccc2c(c1)OCO2. The number of anilines is 2. The smallest absolute Gasteiger partial charge is 0.337 e. The number of nitrogens with one attached hydrogen (secondary N) is 1. The summed E-state index contributed by atoms with van der Waals surface area (Å²) in [5.41, 5.74) is 0.795. The zero-order valence-corrected chi connectivity index (χ0v) is 10.2. The number of hydrogen-bond donors (Lipinski definition) is 2. The first-order valence-electron chi connectivity index (χ1n) is 5.83. The van der Waals surface area contributed by atoms with E-state index in [1.807, 2.05) is 0 Å². The Morgan fingerprint density at radius 2 is 1.95 bits per heavy atom. The number of fused-ring (bicyclic) bond motifs is 1. The first-order valence-corrected chi connectivity index (χ1v) is 5.83. The molecule has 0 aliphatic carbocycles. The molecule has 0 amide bonds. The highest BCUT2D eigenvalue weighted by atomic mass is 19.1. The summed E-state index contributed by atoms with van der Waals surface area (Å²) < 4.78 is 23.5. The van der Waals surface area contributed by atoms with Crippen molar-refractivity contribution in [3.8, 4) is 11.5 Å². The van der Waals surface area contributed by atoms with Crippen molar-refractivity contribution in [1.82, 2.24) is 0 Å². The lowest BCUT2D eigenvalue weighted by atomic mass is 10.1. The van der Waals surface area contributed by atoms with Gasteiger partial charge in [0.25, 0.3) is 0 Å². The Bertz CT molecular complexity index is 687. The van der Waals surface area contributed by atoms with Gasteiger partial charge in [0.05, 0.1) is 11.3 Å². The predicted molar refractivity (Wildman–Crippen MR) is 69.2 cm³/mol. The molecule has 0 saturated carbocycles. The fourth-order valence-corrected chi connectivity index (χ4v) is 1.93. The van der Waals surface area contributed by atoms with E-state index in [0.717, 1.165) is 6.07 Å². The van der Waals surface area contributed by atoms with Crippen molar-refractivity contribution in [1.29, 1.82) is 0 Å². The Morgan fingerprint density at radius 3 is 2.75 bits per heavy atom. The molecule has 0 fully saturated rings. The molecule has 2 aromatic carbocycles. The lowest BCUT2D eigenvalue weighted by Crippen LogP contribution is -2.03. The summed E-state index contributed by atoms with van der Waals surface area (Å²) in [5, 5.41) is 12.0. The van der Waals surface area contributed by atoms with Crippen LogP contribution in [0.4, 0.5) is 15.8 Å². The van der Waals surface area contributed by atoms with Gasteiger partial charge in [0.15, 0.2) is 11.5 Å². The van der Waals surface area contributed by atoms with Crippen molar-refractivity contribution >= 4 is 17.3 Å². The first kappa shape index (κ1) is 12.3. The minimum Gasteiger partial charge on any atom is -0.478 e. The third kappa shape index (κ3) is 2.23. The zero-order chi connectivity index (χ0) is 14.1. The van der Waals surface area contributed by atoms with Crippen molar-refractivity contribution in [3.63, 3.8) is 0 Å². The summed E-state index contributed by atoms with van der Waals surface area (Å²) in [6.07, 6.45) is 0. The molecule has 102 valence electrons. The van der Waals surface area contributed by atoms with E-state index in [1.165, 1.54) is 12.1 Å². The number of carboxylic acids is 1. The topological polar surface area (TPSA) is 67.8 Å². The van der Waals surface area contributed by atoms with Crippen molar-refractivity contribution in [2.45, 2.75) is 0 Å². The van der Waals surface area contributed by atoms with Crippen LogP contribution in [0.3, 0.4) is 0 Å². The van der Waals surface area contributed by atoms with Crippen LogP contribution in [-0.2, 0) is 0 Å². The average Bonchev–Trinajstić information content (AvgIpc) is 2.88. The molecule has 0 spiro atoms. The number of aromatic carboxylic acids is 1. The number of halogens is 1. The zero-order valence-electron chi connectivity index (χ0n) is 10.2. The summed E-state index contributed by atoms with van der Waals surface area (Å²) in [7, 11) is 0. The quantitative estimate of drug-likeness (QED) is 0.901. The standard InChI is InChI=1S/C14H10FNO4/c15-8-1-3-11(10(5-8)14(17)18)16-9-2-4-12-13(6-9)20-7-19-12/h1-6,16H,7H2,(H,17,18). The van der Waals surface area contributed by atoms with Gasteiger partial charge in [-0.25, -0.2) is 9.18 Å². The molecular weight excluding hydrogens is 265 g/mol. The Morgan fingerprint density at radius 1 is 1.15 bits per heavy atom. The number of rotatable bonds is 3. The van der Waals surface area contributed by atoms with Crippen LogP contribution < -0.4 is 14.8 Å². The van der Waals surface area contributed by atoms with Gasteiger partial charge >= 0.3 is 5.97 Å². The predicted octanol–water partition coefficient (Wildman–Crippen LogP) is 3.00. The number of ether oxygens (including phenoxy) is 2. The van der Waals surface area contributed by atoms with Crippen LogP contribution in [0.25, 0.3) is 0 Å². The minimum atomic E-state index is -1.20. The molecule has 2 N–H and O–H groups in total. The summed E-state index contributed by atoms with van der Waals surface area (Å²) in [5.74, 6) is -0.589. The molecule has 6 heteroatoms. The molecule has 0 atom stereocenters. The van der Waals surface area contributed by atoms with Gasteiger partial charge in [-0.3, -0.25) is 0 Å². The molecule has 0 radical (unpaired) electrons. The highest BCUT2D eigenvalue weighted by molar-refractivity contribution is 5.95. The minimum absolute atomic E-state index is 0.136. The second kappa shape index (κ2) is 4.73. The fraction of sp³-hybridized carbons (Fsp3) is 0.0714. The maximum atomic E-state index is 13.1. The van der Waals surface area contributed by atoms with E-state index in [4.69, 9.17) is 14.6 Å². The first-order chi connectivity index (χ1) is 9.63. The van der Waals surface area contributed by atoms with Crippen LogP contribution in [0.2, 0.25) is 0 Å². The van der Waals surface area contributed by atoms with Crippen LogP contribution in [0, 0.1) is 5.82 Å². The van der Waals surface area contributed by atoms with Gasteiger partial charge in [-0.1, -0.05) is 0 Å².